The van der Waals surface area contributed by atoms with E-state index in [4.69, 9.17) is 4.74 Å². The van der Waals surface area contributed by atoms with Gasteiger partial charge in [-0.2, -0.15) is 0 Å². The van der Waals surface area contributed by atoms with Crippen LogP contribution >= 0.6 is 11.3 Å². The molecule has 4 rings (SSSR count). The molecule has 6 heteroatoms. The van der Waals surface area contributed by atoms with Crippen LogP contribution in [-0.4, -0.2) is 36.0 Å². The summed E-state index contributed by atoms with van der Waals surface area (Å²) in [4.78, 5) is 27.5. The number of benzene rings is 2. The lowest BCUT2D eigenvalue weighted by Gasteiger charge is -2.50. The molecule has 1 amide bonds. The van der Waals surface area contributed by atoms with E-state index in [1.807, 2.05) is 29.6 Å². The first-order valence-corrected chi connectivity index (χ1v) is 9.54. The number of methoxy groups -OCH3 is 1. The molecule has 0 aliphatic carbocycles. The van der Waals surface area contributed by atoms with E-state index < -0.39 is 11.5 Å². The van der Waals surface area contributed by atoms with Crippen LogP contribution in [0.5, 0.6) is 0 Å². The standard InChI is InChI=1S/C21H18FNO3S/c1-26-20(25)21(12-14-6-8-15(22)9-7-14)10-11-23(21)19(24)17-13-27-18-5-3-2-4-16(17)18/h2-9,13H,10-12H2,1H3. The van der Waals surface area contributed by atoms with Gasteiger partial charge in [0.25, 0.3) is 5.91 Å². The minimum absolute atomic E-state index is 0.175. The van der Waals surface area contributed by atoms with Crippen molar-refractivity contribution in [1.82, 2.24) is 4.90 Å². The predicted octanol–water partition coefficient (Wildman–Crippen LogP) is 4.04. The third kappa shape index (κ3) is 2.90. The van der Waals surface area contributed by atoms with Crippen LogP contribution < -0.4 is 0 Å². The number of hydrogen-bond acceptors (Lipinski definition) is 4. The van der Waals surface area contributed by atoms with E-state index in [2.05, 4.69) is 0 Å². The highest BCUT2D eigenvalue weighted by Crippen LogP contribution is 2.38. The van der Waals surface area contributed by atoms with Crippen LogP contribution in [-0.2, 0) is 16.0 Å². The number of halogens is 1. The van der Waals surface area contributed by atoms with Gasteiger partial charge in [0, 0.05) is 28.4 Å². The van der Waals surface area contributed by atoms with E-state index in [1.165, 1.54) is 30.6 Å². The quantitative estimate of drug-likeness (QED) is 0.639. The maximum absolute atomic E-state index is 13.2. The van der Waals surface area contributed by atoms with Crippen LogP contribution in [0.15, 0.2) is 53.9 Å². The van der Waals surface area contributed by atoms with E-state index in [-0.39, 0.29) is 11.7 Å². The molecule has 0 spiro atoms. The van der Waals surface area contributed by atoms with Crippen molar-refractivity contribution in [3.63, 3.8) is 0 Å². The van der Waals surface area contributed by atoms with Crippen LogP contribution in [0.2, 0.25) is 0 Å². The second-order valence-corrected chi connectivity index (χ2v) is 7.59. The van der Waals surface area contributed by atoms with Gasteiger partial charge in [-0.25, -0.2) is 9.18 Å². The van der Waals surface area contributed by atoms with Crippen molar-refractivity contribution >= 4 is 33.3 Å². The first-order valence-electron chi connectivity index (χ1n) is 8.66. The van der Waals surface area contributed by atoms with Gasteiger partial charge in [-0.15, -0.1) is 11.3 Å². The molecule has 138 valence electrons. The van der Waals surface area contributed by atoms with Crippen molar-refractivity contribution in [3.05, 3.63) is 70.9 Å². The van der Waals surface area contributed by atoms with E-state index in [0.29, 0.717) is 24.9 Å². The maximum Gasteiger partial charge on any atom is 0.332 e. The lowest BCUT2D eigenvalue weighted by atomic mass is 9.78. The fraction of sp³-hybridized carbons (Fsp3) is 0.238. The van der Waals surface area contributed by atoms with Crippen LogP contribution in [0.3, 0.4) is 0 Å². The first kappa shape index (κ1) is 17.7. The Bertz CT molecular complexity index is 1010. The van der Waals surface area contributed by atoms with Gasteiger partial charge in [-0.1, -0.05) is 30.3 Å². The number of esters is 1. The highest BCUT2D eigenvalue weighted by atomic mass is 32.1. The van der Waals surface area contributed by atoms with E-state index in [9.17, 15) is 14.0 Å². The molecule has 3 aromatic rings. The van der Waals surface area contributed by atoms with Gasteiger partial charge in [-0.3, -0.25) is 4.79 Å². The summed E-state index contributed by atoms with van der Waals surface area (Å²) in [6.45, 7) is 0.485. The van der Waals surface area contributed by atoms with Gasteiger partial charge in [-0.05, 0) is 30.2 Å². The molecule has 1 unspecified atom stereocenters. The fourth-order valence-electron chi connectivity index (χ4n) is 3.68. The Morgan fingerprint density at radius 1 is 1.19 bits per heavy atom. The molecule has 1 aromatic heterocycles. The Labute approximate surface area is 160 Å². The third-order valence-corrected chi connectivity index (χ3v) is 6.16. The van der Waals surface area contributed by atoms with Crippen molar-refractivity contribution in [2.75, 3.05) is 13.7 Å². The molecule has 1 fully saturated rings. The lowest BCUT2D eigenvalue weighted by molar-refractivity contribution is -0.161. The maximum atomic E-state index is 13.2. The number of likely N-dealkylation sites (tertiary alicyclic amines) is 1. The molecule has 0 radical (unpaired) electrons. The molecule has 2 aromatic carbocycles. The van der Waals surface area contributed by atoms with Crippen LogP contribution in [0.25, 0.3) is 10.1 Å². The highest BCUT2D eigenvalue weighted by molar-refractivity contribution is 7.17. The van der Waals surface area contributed by atoms with Crippen molar-refractivity contribution in [2.45, 2.75) is 18.4 Å². The molecular formula is C21H18FNO3S. The molecule has 1 atom stereocenters. The number of thiophene rings is 1. The summed E-state index contributed by atoms with van der Waals surface area (Å²) in [5.41, 5.74) is 0.337. The zero-order chi connectivity index (χ0) is 19.0. The Morgan fingerprint density at radius 3 is 2.59 bits per heavy atom. The summed E-state index contributed by atoms with van der Waals surface area (Å²) in [5, 5.41) is 2.73. The normalized spacial score (nSPS) is 19.0. The molecule has 4 nitrogen and oxygen atoms in total. The minimum atomic E-state index is -1.05. The second-order valence-electron chi connectivity index (χ2n) is 6.68. The number of nitrogens with zero attached hydrogens (tertiary/aromatic N) is 1. The monoisotopic (exact) mass is 383 g/mol. The third-order valence-electron chi connectivity index (χ3n) is 5.20. The molecule has 1 aliphatic rings. The van der Waals surface area contributed by atoms with Gasteiger partial charge < -0.3 is 9.64 Å². The second kappa shape index (κ2) is 6.78. The molecule has 27 heavy (non-hydrogen) atoms. The Kier molecular flexibility index (Phi) is 4.44. The molecule has 0 saturated carbocycles. The van der Waals surface area contributed by atoms with E-state index in [0.717, 1.165) is 15.6 Å². The van der Waals surface area contributed by atoms with Crippen LogP contribution in [0.4, 0.5) is 4.39 Å². The number of rotatable bonds is 4. The van der Waals surface area contributed by atoms with Gasteiger partial charge in [0.2, 0.25) is 0 Å². The Balaban J connectivity index is 1.69. The number of carbonyl (C=O) groups excluding carboxylic acids is 2. The van der Waals surface area contributed by atoms with Crippen molar-refractivity contribution in [3.8, 4) is 0 Å². The smallest absolute Gasteiger partial charge is 0.332 e. The summed E-state index contributed by atoms with van der Waals surface area (Å²) in [7, 11) is 1.33. The molecule has 0 bridgehead atoms. The SMILES string of the molecule is COC(=O)C1(Cc2ccc(F)cc2)CCN1C(=O)c1csc2ccccc12. The van der Waals surface area contributed by atoms with Crippen molar-refractivity contribution in [2.24, 2.45) is 0 Å². The zero-order valence-corrected chi connectivity index (χ0v) is 15.6. The van der Waals surface area contributed by atoms with Gasteiger partial charge in [0.05, 0.1) is 12.7 Å². The number of hydrogen-bond donors (Lipinski definition) is 0. The van der Waals surface area contributed by atoms with Crippen molar-refractivity contribution < 1.29 is 18.7 Å². The summed E-state index contributed by atoms with van der Waals surface area (Å²) in [6, 6.07) is 13.7. The summed E-state index contributed by atoms with van der Waals surface area (Å²) in [5.74, 6) is -0.950. The highest BCUT2D eigenvalue weighted by Gasteiger charge is 2.54. The molecule has 2 heterocycles. The average molecular weight is 383 g/mol. The van der Waals surface area contributed by atoms with E-state index in [1.54, 1.807) is 17.0 Å². The molecule has 0 N–H and O–H groups in total. The number of amides is 1. The topological polar surface area (TPSA) is 46.6 Å². The fourth-order valence-corrected chi connectivity index (χ4v) is 4.61. The summed E-state index contributed by atoms with van der Waals surface area (Å²) < 4.78 is 19.3. The summed E-state index contributed by atoms with van der Waals surface area (Å²) >= 11 is 1.51. The van der Waals surface area contributed by atoms with Gasteiger partial charge >= 0.3 is 5.97 Å². The van der Waals surface area contributed by atoms with Crippen LogP contribution in [0.1, 0.15) is 22.3 Å². The Hall–Kier alpha value is -2.73. The Morgan fingerprint density at radius 2 is 1.93 bits per heavy atom. The zero-order valence-electron chi connectivity index (χ0n) is 14.8. The van der Waals surface area contributed by atoms with Gasteiger partial charge in [0.15, 0.2) is 0 Å². The van der Waals surface area contributed by atoms with Crippen LogP contribution in [0, 0.1) is 5.82 Å². The molecular weight excluding hydrogens is 365 g/mol. The largest absolute Gasteiger partial charge is 0.467 e. The molecule has 1 aliphatic heterocycles. The predicted molar refractivity (Wildman–Crippen MR) is 102 cm³/mol. The molecule has 1 saturated heterocycles. The number of fused-ring (bicyclic) bond motifs is 1. The van der Waals surface area contributed by atoms with Crippen molar-refractivity contribution in [1.29, 1.82) is 0 Å². The van der Waals surface area contributed by atoms with E-state index >= 15 is 0 Å². The number of carbonyl (C=O) groups is 2. The lowest BCUT2D eigenvalue weighted by Crippen LogP contribution is -2.68. The van der Waals surface area contributed by atoms with Gasteiger partial charge in [0.1, 0.15) is 11.4 Å². The summed E-state index contributed by atoms with van der Waals surface area (Å²) in [6.07, 6.45) is 0.818. The first-order chi connectivity index (χ1) is 13.0. The number of ether oxygens (including phenoxy) is 1. The minimum Gasteiger partial charge on any atom is -0.467 e. The average Bonchev–Trinajstić information content (AvgIpc) is 3.10.